The van der Waals surface area contributed by atoms with Crippen molar-refractivity contribution in [3.63, 3.8) is 0 Å². The van der Waals surface area contributed by atoms with Crippen molar-refractivity contribution in [2.24, 2.45) is 0 Å². The Bertz CT molecular complexity index is 530. The maximum Gasteiger partial charge on any atom is 0.134 e. The normalized spacial score (nSPS) is 10.5. The minimum absolute atomic E-state index is 0.487. The Balaban J connectivity index is 2.16. The van der Waals surface area contributed by atoms with Gasteiger partial charge in [0.25, 0.3) is 0 Å². The Labute approximate surface area is 118 Å². The number of aromatic nitrogens is 3. The number of nitrogens with zero attached hydrogens (tertiary/aromatic N) is 4. The van der Waals surface area contributed by atoms with E-state index in [1.807, 2.05) is 30.1 Å². The van der Waals surface area contributed by atoms with Crippen molar-refractivity contribution in [1.29, 1.82) is 0 Å². The zero-order valence-electron chi connectivity index (χ0n) is 11.2. The fraction of sp³-hybridized carbons (Fsp3) is 0.357. The molecule has 0 bridgehead atoms. The van der Waals surface area contributed by atoms with E-state index in [2.05, 4.69) is 21.9 Å². The van der Waals surface area contributed by atoms with Gasteiger partial charge in [0.2, 0.25) is 0 Å². The van der Waals surface area contributed by atoms with Crippen LogP contribution in [0.15, 0.2) is 30.5 Å². The van der Waals surface area contributed by atoms with Crippen molar-refractivity contribution in [1.82, 2.24) is 15.0 Å². The lowest BCUT2D eigenvalue weighted by atomic mass is 10.3. The second-order valence-corrected chi connectivity index (χ2v) is 4.78. The summed E-state index contributed by atoms with van der Waals surface area (Å²) in [6.45, 7) is 2.79. The minimum atomic E-state index is 0.487. The Kier molecular flexibility index (Phi) is 4.68. The van der Waals surface area contributed by atoms with E-state index in [0.717, 1.165) is 30.2 Å². The van der Waals surface area contributed by atoms with Gasteiger partial charge in [-0.05, 0) is 18.6 Å². The van der Waals surface area contributed by atoms with Crippen LogP contribution in [-0.4, -0.2) is 22.0 Å². The molecule has 0 amide bonds. The molecule has 0 unspecified atom stereocenters. The molecule has 0 radical (unpaired) electrons. The van der Waals surface area contributed by atoms with Gasteiger partial charge in [-0.1, -0.05) is 24.6 Å². The van der Waals surface area contributed by atoms with Crippen LogP contribution < -0.4 is 4.90 Å². The van der Waals surface area contributed by atoms with Crippen LogP contribution in [0.4, 0.5) is 5.82 Å². The number of aryl methyl sites for hydroxylation is 1. The van der Waals surface area contributed by atoms with Crippen LogP contribution in [0.3, 0.4) is 0 Å². The zero-order valence-corrected chi connectivity index (χ0v) is 11.9. The second kappa shape index (κ2) is 6.48. The standard InChI is InChI=1S/C14H17ClN4/c1-3-6-13-17-12(15)9-14(18-13)19(2)10-11-7-4-5-8-16-11/h4-5,7-9H,3,6,10H2,1-2H3. The van der Waals surface area contributed by atoms with Crippen molar-refractivity contribution >= 4 is 17.4 Å². The number of hydrogen-bond acceptors (Lipinski definition) is 4. The summed E-state index contributed by atoms with van der Waals surface area (Å²) < 4.78 is 0. The third-order valence-corrected chi connectivity index (χ3v) is 2.91. The van der Waals surface area contributed by atoms with E-state index in [-0.39, 0.29) is 0 Å². The first-order valence-corrected chi connectivity index (χ1v) is 6.71. The van der Waals surface area contributed by atoms with Crippen LogP contribution in [-0.2, 0) is 13.0 Å². The Hall–Kier alpha value is -1.68. The molecule has 0 aliphatic rings. The van der Waals surface area contributed by atoms with E-state index < -0.39 is 0 Å². The molecule has 2 aromatic rings. The largest absolute Gasteiger partial charge is 0.354 e. The second-order valence-electron chi connectivity index (χ2n) is 4.39. The van der Waals surface area contributed by atoms with Gasteiger partial charge in [0.15, 0.2) is 0 Å². The average Bonchev–Trinajstić information content (AvgIpc) is 2.39. The number of pyridine rings is 1. The van der Waals surface area contributed by atoms with Crippen molar-refractivity contribution in [2.45, 2.75) is 26.3 Å². The molecule has 0 N–H and O–H groups in total. The van der Waals surface area contributed by atoms with Gasteiger partial charge in [0.1, 0.15) is 16.8 Å². The van der Waals surface area contributed by atoms with E-state index in [4.69, 9.17) is 11.6 Å². The molecule has 0 saturated heterocycles. The third-order valence-electron chi connectivity index (χ3n) is 2.72. The maximum atomic E-state index is 6.04. The van der Waals surface area contributed by atoms with Crippen molar-refractivity contribution < 1.29 is 0 Å². The molecule has 2 rings (SSSR count). The monoisotopic (exact) mass is 276 g/mol. The van der Waals surface area contributed by atoms with Gasteiger partial charge in [-0.2, -0.15) is 0 Å². The van der Waals surface area contributed by atoms with E-state index in [9.17, 15) is 0 Å². The minimum Gasteiger partial charge on any atom is -0.354 e. The third kappa shape index (κ3) is 3.89. The summed E-state index contributed by atoms with van der Waals surface area (Å²) in [7, 11) is 1.98. The van der Waals surface area contributed by atoms with E-state index in [1.165, 1.54) is 0 Å². The Morgan fingerprint density at radius 3 is 2.79 bits per heavy atom. The fourth-order valence-corrected chi connectivity index (χ4v) is 1.99. The van der Waals surface area contributed by atoms with Crippen LogP contribution in [0.2, 0.25) is 5.15 Å². The first-order chi connectivity index (χ1) is 9.19. The zero-order chi connectivity index (χ0) is 13.7. The molecule has 0 atom stereocenters. The molecular weight excluding hydrogens is 260 g/mol. The van der Waals surface area contributed by atoms with Gasteiger partial charge in [0, 0.05) is 25.7 Å². The summed E-state index contributed by atoms with van der Waals surface area (Å²) in [5.41, 5.74) is 0.997. The van der Waals surface area contributed by atoms with Gasteiger partial charge >= 0.3 is 0 Å². The molecule has 19 heavy (non-hydrogen) atoms. The highest BCUT2D eigenvalue weighted by atomic mass is 35.5. The van der Waals surface area contributed by atoms with Gasteiger partial charge in [0.05, 0.1) is 12.2 Å². The molecule has 0 aromatic carbocycles. The Morgan fingerprint density at radius 1 is 1.26 bits per heavy atom. The summed E-state index contributed by atoms with van der Waals surface area (Å²) in [6, 6.07) is 7.66. The lowest BCUT2D eigenvalue weighted by molar-refractivity contribution is 0.805. The van der Waals surface area contributed by atoms with E-state index in [1.54, 1.807) is 12.3 Å². The van der Waals surface area contributed by atoms with Gasteiger partial charge in [-0.15, -0.1) is 0 Å². The molecule has 0 aliphatic heterocycles. The highest BCUT2D eigenvalue weighted by molar-refractivity contribution is 6.29. The predicted octanol–water partition coefficient (Wildman–Crippen LogP) is 3.11. The van der Waals surface area contributed by atoms with Crippen LogP contribution in [0.5, 0.6) is 0 Å². The fourth-order valence-electron chi connectivity index (χ4n) is 1.80. The quantitative estimate of drug-likeness (QED) is 0.787. The summed E-state index contributed by atoms with van der Waals surface area (Å²) >= 11 is 6.04. The lowest BCUT2D eigenvalue weighted by Gasteiger charge is -2.18. The molecule has 4 nitrogen and oxygen atoms in total. The van der Waals surface area contributed by atoms with Crippen molar-refractivity contribution in [3.8, 4) is 0 Å². The van der Waals surface area contributed by atoms with E-state index in [0.29, 0.717) is 11.7 Å². The molecule has 5 heteroatoms. The number of anilines is 1. The van der Waals surface area contributed by atoms with Gasteiger partial charge in [-0.3, -0.25) is 4.98 Å². The molecule has 0 fully saturated rings. The highest BCUT2D eigenvalue weighted by Gasteiger charge is 2.08. The summed E-state index contributed by atoms with van der Waals surface area (Å²) in [5, 5.41) is 0.487. The van der Waals surface area contributed by atoms with E-state index >= 15 is 0 Å². The maximum absolute atomic E-state index is 6.04. The number of rotatable bonds is 5. The van der Waals surface area contributed by atoms with Crippen molar-refractivity contribution in [3.05, 3.63) is 47.1 Å². The molecule has 0 spiro atoms. The topological polar surface area (TPSA) is 41.9 Å². The summed E-state index contributed by atoms with van der Waals surface area (Å²) in [5.74, 6) is 1.62. The van der Waals surface area contributed by atoms with Crippen molar-refractivity contribution in [2.75, 3.05) is 11.9 Å². The number of halogens is 1. The molecule has 2 heterocycles. The molecule has 0 saturated carbocycles. The predicted molar refractivity (Wildman–Crippen MR) is 77.4 cm³/mol. The average molecular weight is 277 g/mol. The number of hydrogen-bond donors (Lipinski definition) is 0. The first-order valence-electron chi connectivity index (χ1n) is 6.33. The van der Waals surface area contributed by atoms with Gasteiger partial charge < -0.3 is 4.90 Å². The Morgan fingerprint density at radius 2 is 2.11 bits per heavy atom. The molecule has 100 valence electrons. The van der Waals surface area contributed by atoms with Crippen LogP contribution in [0.25, 0.3) is 0 Å². The summed E-state index contributed by atoms with van der Waals surface area (Å²) in [6.07, 6.45) is 3.63. The van der Waals surface area contributed by atoms with Crippen LogP contribution in [0, 0.1) is 0 Å². The molecular formula is C14H17ClN4. The first kappa shape index (κ1) is 13.7. The van der Waals surface area contributed by atoms with Gasteiger partial charge in [-0.25, -0.2) is 9.97 Å². The van der Waals surface area contributed by atoms with Crippen LogP contribution >= 0.6 is 11.6 Å². The molecule has 0 aliphatic carbocycles. The highest BCUT2D eigenvalue weighted by Crippen LogP contribution is 2.17. The summed E-state index contributed by atoms with van der Waals surface area (Å²) in [4.78, 5) is 15.1. The lowest BCUT2D eigenvalue weighted by Crippen LogP contribution is -2.19. The SMILES string of the molecule is CCCc1nc(Cl)cc(N(C)Cc2ccccn2)n1. The van der Waals surface area contributed by atoms with Crippen LogP contribution in [0.1, 0.15) is 24.9 Å². The smallest absolute Gasteiger partial charge is 0.134 e. The molecule has 2 aromatic heterocycles.